The number of hydrogen-bond acceptors (Lipinski definition) is 4. The molecule has 0 bridgehead atoms. The van der Waals surface area contributed by atoms with Crippen LogP contribution in [0.15, 0.2) is 42.5 Å². The molecule has 1 N–H and O–H groups in total. The normalized spacial score (nSPS) is 17.7. The summed E-state index contributed by atoms with van der Waals surface area (Å²) < 4.78 is 11.2. The zero-order chi connectivity index (χ0) is 18.5. The second-order valence-electron chi connectivity index (χ2n) is 6.64. The van der Waals surface area contributed by atoms with Gasteiger partial charge in [-0.05, 0) is 37.1 Å². The first kappa shape index (κ1) is 18.3. The standard InChI is InChI=1S/C21H25NO4/c1-25-19-12-18(15-7-4-3-5-8-15)20(26-2)11-17(19)14-22-10-6-9-16(13-22)21(23)24/h3-5,7-8,11-12,16H,6,9-10,13-14H2,1-2H3,(H,23,24). The van der Waals surface area contributed by atoms with Crippen LogP contribution in [0.4, 0.5) is 0 Å². The largest absolute Gasteiger partial charge is 0.496 e. The zero-order valence-corrected chi connectivity index (χ0v) is 15.3. The lowest BCUT2D eigenvalue weighted by Gasteiger charge is -2.31. The molecule has 138 valence electrons. The Morgan fingerprint density at radius 2 is 1.88 bits per heavy atom. The zero-order valence-electron chi connectivity index (χ0n) is 15.3. The van der Waals surface area contributed by atoms with E-state index in [1.165, 1.54) is 0 Å². The number of carboxylic acids is 1. The molecule has 0 spiro atoms. The van der Waals surface area contributed by atoms with E-state index in [-0.39, 0.29) is 5.92 Å². The van der Waals surface area contributed by atoms with Crippen LogP contribution in [0.1, 0.15) is 18.4 Å². The molecule has 1 fully saturated rings. The van der Waals surface area contributed by atoms with Crippen LogP contribution in [-0.2, 0) is 11.3 Å². The van der Waals surface area contributed by atoms with Crippen molar-refractivity contribution >= 4 is 5.97 Å². The summed E-state index contributed by atoms with van der Waals surface area (Å²) in [4.78, 5) is 13.5. The Hall–Kier alpha value is -2.53. The predicted octanol–water partition coefficient (Wildman–Crippen LogP) is 3.67. The van der Waals surface area contributed by atoms with Crippen LogP contribution in [0.25, 0.3) is 11.1 Å². The number of nitrogens with zero attached hydrogens (tertiary/aromatic N) is 1. The highest BCUT2D eigenvalue weighted by atomic mass is 16.5. The second-order valence-corrected chi connectivity index (χ2v) is 6.64. The van der Waals surface area contributed by atoms with Gasteiger partial charge >= 0.3 is 5.97 Å². The van der Waals surface area contributed by atoms with Gasteiger partial charge in [0.25, 0.3) is 0 Å². The second kappa shape index (κ2) is 8.23. The lowest BCUT2D eigenvalue weighted by Crippen LogP contribution is -2.38. The average Bonchev–Trinajstić information content (AvgIpc) is 2.68. The molecule has 2 aromatic carbocycles. The van der Waals surface area contributed by atoms with Gasteiger partial charge in [-0.2, -0.15) is 0 Å². The maximum absolute atomic E-state index is 11.3. The van der Waals surface area contributed by atoms with E-state index in [2.05, 4.69) is 4.90 Å². The number of carboxylic acid groups (broad SMARTS) is 1. The third-order valence-corrected chi connectivity index (χ3v) is 4.94. The minimum Gasteiger partial charge on any atom is -0.496 e. The van der Waals surface area contributed by atoms with Crippen LogP contribution in [0.3, 0.4) is 0 Å². The van der Waals surface area contributed by atoms with Crippen LogP contribution in [-0.4, -0.2) is 43.3 Å². The summed E-state index contributed by atoms with van der Waals surface area (Å²) in [5, 5.41) is 9.30. The Morgan fingerprint density at radius 1 is 1.15 bits per heavy atom. The topological polar surface area (TPSA) is 59.0 Å². The highest BCUT2D eigenvalue weighted by molar-refractivity contribution is 5.73. The summed E-state index contributed by atoms with van der Waals surface area (Å²) in [6.45, 7) is 2.12. The van der Waals surface area contributed by atoms with Gasteiger partial charge in [0.05, 0.1) is 20.1 Å². The Bertz CT molecular complexity index is 760. The lowest BCUT2D eigenvalue weighted by atomic mass is 9.97. The number of ether oxygens (including phenoxy) is 2. The molecule has 0 aromatic heterocycles. The number of likely N-dealkylation sites (tertiary alicyclic amines) is 1. The summed E-state index contributed by atoms with van der Waals surface area (Å²) in [6, 6.07) is 14.1. The van der Waals surface area contributed by atoms with E-state index in [1.54, 1.807) is 14.2 Å². The molecule has 1 unspecified atom stereocenters. The minimum absolute atomic E-state index is 0.291. The summed E-state index contributed by atoms with van der Waals surface area (Å²) >= 11 is 0. The first-order chi connectivity index (χ1) is 12.6. The van der Waals surface area contributed by atoms with Crippen LogP contribution < -0.4 is 9.47 Å². The highest BCUT2D eigenvalue weighted by Crippen LogP contribution is 2.37. The van der Waals surface area contributed by atoms with E-state index >= 15 is 0 Å². The number of methoxy groups -OCH3 is 2. The molecule has 1 atom stereocenters. The van der Waals surface area contributed by atoms with Gasteiger partial charge in [0, 0.05) is 24.2 Å². The van der Waals surface area contributed by atoms with E-state index in [4.69, 9.17) is 9.47 Å². The number of piperidine rings is 1. The molecule has 2 aromatic rings. The first-order valence-electron chi connectivity index (χ1n) is 8.88. The fourth-order valence-electron chi connectivity index (χ4n) is 3.57. The van der Waals surface area contributed by atoms with Gasteiger partial charge in [-0.25, -0.2) is 0 Å². The molecular formula is C21H25NO4. The van der Waals surface area contributed by atoms with E-state index in [0.717, 1.165) is 47.6 Å². The van der Waals surface area contributed by atoms with Gasteiger partial charge in [-0.15, -0.1) is 0 Å². The van der Waals surface area contributed by atoms with Gasteiger partial charge in [0.1, 0.15) is 11.5 Å². The molecule has 0 aliphatic carbocycles. The quantitative estimate of drug-likeness (QED) is 0.857. The molecule has 26 heavy (non-hydrogen) atoms. The number of aliphatic carboxylic acids is 1. The van der Waals surface area contributed by atoms with Crippen molar-refractivity contribution in [1.29, 1.82) is 0 Å². The first-order valence-corrected chi connectivity index (χ1v) is 8.88. The molecule has 1 heterocycles. The van der Waals surface area contributed by atoms with E-state index < -0.39 is 5.97 Å². The van der Waals surface area contributed by atoms with Crippen LogP contribution in [0.2, 0.25) is 0 Å². The molecule has 0 amide bonds. The summed E-state index contributed by atoms with van der Waals surface area (Å²) in [6.07, 6.45) is 1.65. The molecule has 1 saturated heterocycles. The third-order valence-electron chi connectivity index (χ3n) is 4.94. The van der Waals surface area contributed by atoms with Gasteiger partial charge in [0.2, 0.25) is 0 Å². The number of rotatable bonds is 6. The van der Waals surface area contributed by atoms with Gasteiger partial charge in [-0.1, -0.05) is 30.3 Å². The fourth-order valence-corrected chi connectivity index (χ4v) is 3.57. The molecule has 1 aliphatic heterocycles. The minimum atomic E-state index is -0.710. The van der Waals surface area contributed by atoms with Crippen molar-refractivity contribution in [3.63, 3.8) is 0 Å². The Kier molecular flexibility index (Phi) is 5.78. The van der Waals surface area contributed by atoms with Crippen molar-refractivity contribution in [1.82, 2.24) is 4.90 Å². The molecule has 0 saturated carbocycles. The number of hydrogen-bond donors (Lipinski definition) is 1. The van der Waals surface area contributed by atoms with Gasteiger partial charge < -0.3 is 14.6 Å². The molecule has 5 nitrogen and oxygen atoms in total. The molecule has 0 radical (unpaired) electrons. The average molecular weight is 355 g/mol. The van der Waals surface area contributed by atoms with Crippen molar-refractivity contribution in [2.45, 2.75) is 19.4 Å². The number of carbonyl (C=O) groups is 1. The molecular weight excluding hydrogens is 330 g/mol. The third kappa shape index (κ3) is 3.99. The van der Waals surface area contributed by atoms with Crippen molar-refractivity contribution < 1.29 is 19.4 Å². The van der Waals surface area contributed by atoms with Crippen molar-refractivity contribution in [2.75, 3.05) is 27.3 Å². The molecule has 5 heteroatoms. The van der Waals surface area contributed by atoms with E-state index in [9.17, 15) is 9.90 Å². The smallest absolute Gasteiger partial charge is 0.307 e. The summed E-state index contributed by atoms with van der Waals surface area (Å²) in [7, 11) is 3.33. The summed E-state index contributed by atoms with van der Waals surface area (Å²) in [5.41, 5.74) is 3.06. The maximum Gasteiger partial charge on any atom is 0.307 e. The van der Waals surface area contributed by atoms with Crippen molar-refractivity contribution in [2.24, 2.45) is 5.92 Å². The van der Waals surface area contributed by atoms with Crippen LogP contribution in [0.5, 0.6) is 11.5 Å². The Balaban J connectivity index is 1.89. The Morgan fingerprint density at radius 3 is 2.54 bits per heavy atom. The molecule has 1 aliphatic rings. The van der Waals surface area contributed by atoms with E-state index in [1.807, 2.05) is 42.5 Å². The van der Waals surface area contributed by atoms with Crippen molar-refractivity contribution in [3.8, 4) is 22.6 Å². The lowest BCUT2D eigenvalue weighted by molar-refractivity contribution is -0.143. The van der Waals surface area contributed by atoms with Crippen LogP contribution >= 0.6 is 0 Å². The monoisotopic (exact) mass is 355 g/mol. The highest BCUT2D eigenvalue weighted by Gasteiger charge is 2.26. The molecule has 3 rings (SSSR count). The Labute approximate surface area is 154 Å². The van der Waals surface area contributed by atoms with Crippen molar-refractivity contribution in [3.05, 3.63) is 48.0 Å². The maximum atomic E-state index is 11.3. The van der Waals surface area contributed by atoms with Gasteiger partial charge in [-0.3, -0.25) is 9.69 Å². The number of benzene rings is 2. The van der Waals surface area contributed by atoms with Gasteiger partial charge in [0.15, 0.2) is 0 Å². The van der Waals surface area contributed by atoms with Crippen LogP contribution in [0, 0.1) is 5.92 Å². The summed E-state index contributed by atoms with van der Waals surface area (Å²) in [5.74, 6) is 0.583. The predicted molar refractivity (Wildman–Crippen MR) is 101 cm³/mol. The SMILES string of the molecule is COc1cc(-c2ccccc2)c(OC)cc1CN1CCCC(C(=O)O)C1. The fraction of sp³-hybridized carbons (Fsp3) is 0.381. The van der Waals surface area contributed by atoms with E-state index in [0.29, 0.717) is 13.1 Å².